The number of fused-ring (bicyclic) bond motifs is 1. The molecule has 4 aromatic rings. The van der Waals surface area contributed by atoms with Crippen molar-refractivity contribution in [2.24, 2.45) is 4.99 Å². The lowest BCUT2D eigenvalue weighted by Gasteiger charge is -2.25. The topological polar surface area (TPSA) is 69.9 Å². The molecule has 0 aliphatic carbocycles. The predicted octanol–water partition coefficient (Wildman–Crippen LogP) is 5.42. The largest absolute Gasteiger partial charge is 0.488 e. The molecule has 2 heterocycles. The summed E-state index contributed by atoms with van der Waals surface area (Å²) in [4.78, 5) is 32.3. The number of para-hydroxylation sites is 1. The average molecular weight is 559 g/mol. The Balaban J connectivity index is 1.61. The summed E-state index contributed by atoms with van der Waals surface area (Å²) in [6.07, 6.45) is 1.50. The highest BCUT2D eigenvalue weighted by molar-refractivity contribution is 7.07. The number of carbonyl (C=O) groups excluding carboxylic acids is 1. The van der Waals surface area contributed by atoms with Crippen LogP contribution >= 0.6 is 22.9 Å². The molecule has 1 aliphatic heterocycles. The van der Waals surface area contributed by atoms with Gasteiger partial charge in [-0.15, -0.1) is 0 Å². The summed E-state index contributed by atoms with van der Waals surface area (Å²) in [6, 6.07) is 23.9. The number of benzene rings is 3. The number of carbonyl (C=O) groups is 1. The third kappa shape index (κ3) is 5.75. The van der Waals surface area contributed by atoms with Crippen LogP contribution in [0.25, 0.3) is 6.08 Å². The average Bonchev–Trinajstić information content (AvgIpc) is 3.22. The summed E-state index contributed by atoms with van der Waals surface area (Å²) in [5.41, 5.74) is 3.15. The van der Waals surface area contributed by atoms with Gasteiger partial charge >= 0.3 is 5.97 Å². The second-order valence-electron chi connectivity index (χ2n) is 9.40. The van der Waals surface area contributed by atoms with E-state index in [1.165, 1.54) is 11.3 Å². The summed E-state index contributed by atoms with van der Waals surface area (Å²) in [5.74, 6) is 0.166. The fourth-order valence-electron chi connectivity index (χ4n) is 4.43. The number of ether oxygens (including phenoxy) is 2. The number of hydrogen-bond acceptors (Lipinski definition) is 6. The third-order valence-corrected chi connectivity index (χ3v) is 7.45. The van der Waals surface area contributed by atoms with E-state index in [9.17, 15) is 9.59 Å². The highest BCUT2D eigenvalue weighted by Crippen LogP contribution is 2.31. The molecule has 1 aromatic heterocycles. The van der Waals surface area contributed by atoms with Crippen molar-refractivity contribution in [3.05, 3.63) is 132 Å². The zero-order valence-electron chi connectivity index (χ0n) is 21.8. The first kappa shape index (κ1) is 26.7. The van der Waals surface area contributed by atoms with Crippen molar-refractivity contribution >= 4 is 35.0 Å². The van der Waals surface area contributed by atoms with Gasteiger partial charge in [0.1, 0.15) is 12.4 Å². The van der Waals surface area contributed by atoms with Gasteiger partial charge in [-0.1, -0.05) is 83.6 Å². The summed E-state index contributed by atoms with van der Waals surface area (Å²) in [5, 5.41) is 0.560. The van der Waals surface area contributed by atoms with Crippen LogP contribution in [-0.4, -0.2) is 16.6 Å². The fraction of sp³-hybridized carbons (Fsp3) is 0.194. The van der Waals surface area contributed by atoms with Crippen LogP contribution in [0.15, 0.2) is 99.9 Å². The Morgan fingerprint density at radius 2 is 1.74 bits per heavy atom. The van der Waals surface area contributed by atoms with E-state index in [0.29, 0.717) is 38.0 Å². The van der Waals surface area contributed by atoms with E-state index < -0.39 is 12.0 Å². The maximum Gasteiger partial charge on any atom is 0.338 e. The monoisotopic (exact) mass is 558 g/mol. The second-order valence-corrected chi connectivity index (χ2v) is 10.8. The van der Waals surface area contributed by atoms with Gasteiger partial charge in [0, 0.05) is 10.6 Å². The SMILES string of the molecule is CC1=C(C(=O)OC(C)C)C(c2ccc(Cl)cc2)n2c(sc(=Cc3ccccc3OCc3ccccc3)c2=O)=N1. The van der Waals surface area contributed by atoms with Gasteiger partial charge < -0.3 is 9.47 Å². The Bertz CT molecular complexity index is 1720. The van der Waals surface area contributed by atoms with Crippen LogP contribution in [-0.2, 0) is 16.1 Å². The van der Waals surface area contributed by atoms with Crippen LogP contribution in [0.5, 0.6) is 5.75 Å². The van der Waals surface area contributed by atoms with E-state index >= 15 is 0 Å². The predicted molar refractivity (Wildman–Crippen MR) is 154 cm³/mol. The molecule has 1 aliphatic rings. The first-order valence-corrected chi connectivity index (χ1v) is 13.8. The fourth-order valence-corrected chi connectivity index (χ4v) is 5.59. The van der Waals surface area contributed by atoms with Crippen LogP contribution in [0.4, 0.5) is 0 Å². The molecule has 0 amide bonds. The van der Waals surface area contributed by atoms with Crippen molar-refractivity contribution in [3.8, 4) is 5.75 Å². The minimum atomic E-state index is -0.698. The van der Waals surface area contributed by atoms with Gasteiger partial charge in [-0.2, -0.15) is 0 Å². The Morgan fingerprint density at radius 1 is 1.05 bits per heavy atom. The Labute approximate surface area is 235 Å². The lowest BCUT2D eigenvalue weighted by atomic mass is 9.96. The third-order valence-electron chi connectivity index (χ3n) is 6.21. The Morgan fingerprint density at radius 3 is 2.46 bits per heavy atom. The summed E-state index contributed by atoms with van der Waals surface area (Å²) in [7, 11) is 0. The zero-order chi connectivity index (χ0) is 27.5. The summed E-state index contributed by atoms with van der Waals surface area (Å²) >= 11 is 7.42. The lowest BCUT2D eigenvalue weighted by molar-refractivity contribution is -0.143. The minimum Gasteiger partial charge on any atom is -0.488 e. The van der Waals surface area contributed by atoms with E-state index in [4.69, 9.17) is 21.1 Å². The smallest absolute Gasteiger partial charge is 0.338 e. The molecule has 0 bridgehead atoms. The van der Waals surface area contributed by atoms with Gasteiger partial charge in [-0.25, -0.2) is 9.79 Å². The van der Waals surface area contributed by atoms with E-state index in [1.807, 2.05) is 72.8 Å². The maximum absolute atomic E-state index is 13.9. The van der Waals surface area contributed by atoms with Gasteiger partial charge in [0.15, 0.2) is 4.80 Å². The Hall–Kier alpha value is -3.94. The molecule has 0 saturated heterocycles. The van der Waals surface area contributed by atoms with Crippen LogP contribution in [0, 0.1) is 0 Å². The molecular weight excluding hydrogens is 532 g/mol. The van der Waals surface area contributed by atoms with Crippen molar-refractivity contribution < 1.29 is 14.3 Å². The number of nitrogens with zero attached hydrogens (tertiary/aromatic N) is 2. The van der Waals surface area contributed by atoms with Gasteiger partial charge in [-0.05, 0) is 56.2 Å². The number of rotatable bonds is 7. The van der Waals surface area contributed by atoms with Gasteiger partial charge in [0.25, 0.3) is 5.56 Å². The van der Waals surface area contributed by atoms with Crippen molar-refractivity contribution in [3.63, 3.8) is 0 Å². The minimum absolute atomic E-state index is 0.251. The van der Waals surface area contributed by atoms with E-state index in [-0.39, 0.29) is 11.7 Å². The summed E-state index contributed by atoms with van der Waals surface area (Å²) in [6.45, 7) is 5.75. The second kappa shape index (κ2) is 11.4. The first-order valence-electron chi connectivity index (χ1n) is 12.6. The number of allylic oxidation sites excluding steroid dienone is 1. The molecule has 8 heteroatoms. The number of halogens is 1. The van der Waals surface area contributed by atoms with E-state index in [2.05, 4.69) is 4.99 Å². The highest BCUT2D eigenvalue weighted by Gasteiger charge is 2.33. The number of aromatic nitrogens is 1. The molecule has 6 nitrogen and oxygen atoms in total. The number of thiazole rings is 1. The molecule has 0 fully saturated rings. The molecule has 1 unspecified atom stereocenters. The van der Waals surface area contributed by atoms with Crippen LogP contribution in [0.3, 0.4) is 0 Å². The van der Waals surface area contributed by atoms with Gasteiger partial charge in [0.05, 0.1) is 27.9 Å². The zero-order valence-corrected chi connectivity index (χ0v) is 23.3. The molecule has 198 valence electrons. The van der Waals surface area contributed by atoms with Gasteiger partial charge in [0.2, 0.25) is 0 Å². The molecular formula is C31H27ClN2O4S. The number of esters is 1. The number of hydrogen-bond donors (Lipinski definition) is 0. The van der Waals surface area contributed by atoms with Crippen LogP contribution in [0.1, 0.15) is 43.5 Å². The molecule has 0 radical (unpaired) electrons. The first-order chi connectivity index (χ1) is 18.8. The molecule has 0 spiro atoms. The lowest BCUT2D eigenvalue weighted by Crippen LogP contribution is -2.40. The molecule has 3 aromatic carbocycles. The van der Waals surface area contributed by atoms with Crippen molar-refractivity contribution in [2.45, 2.75) is 39.5 Å². The summed E-state index contributed by atoms with van der Waals surface area (Å²) < 4.78 is 13.7. The quantitative estimate of drug-likeness (QED) is 0.284. The van der Waals surface area contributed by atoms with Crippen LogP contribution < -0.4 is 19.6 Å². The molecule has 1 atom stereocenters. The van der Waals surface area contributed by atoms with Crippen LogP contribution in [0.2, 0.25) is 5.02 Å². The van der Waals surface area contributed by atoms with Gasteiger partial charge in [-0.3, -0.25) is 9.36 Å². The normalized spacial score (nSPS) is 15.2. The van der Waals surface area contributed by atoms with Crippen molar-refractivity contribution in [2.75, 3.05) is 0 Å². The maximum atomic E-state index is 13.9. The molecule has 5 rings (SSSR count). The standard InChI is InChI=1S/C31H27ClN2O4S/c1-19(2)38-30(36)27-20(3)33-31-34(28(27)22-13-15-24(32)16-14-22)29(35)26(39-31)17-23-11-7-8-12-25(23)37-18-21-9-5-4-6-10-21/h4-17,19,28H,18H2,1-3H3. The molecule has 0 N–H and O–H groups in total. The van der Waals surface area contributed by atoms with E-state index in [0.717, 1.165) is 16.7 Å². The van der Waals surface area contributed by atoms with Crippen molar-refractivity contribution in [1.29, 1.82) is 0 Å². The Kier molecular flexibility index (Phi) is 7.82. The molecule has 39 heavy (non-hydrogen) atoms. The van der Waals surface area contributed by atoms with Crippen molar-refractivity contribution in [1.82, 2.24) is 4.57 Å². The molecule has 0 saturated carbocycles. The highest BCUT2D eigenvalue weighted by atomic mass is 35.5. The van der Waals surface area contributed by atoms with E-state index in [1.54, 1.807) is 37.5 Å².